The van der Waals surface area contributed by atoms with E-state index in [1.54, 1.807) is 0 Å². The van der Waals surface area contributed by atoms with E-state index >= 15 is 0 Å². The Labute approximate surface area is 111 Å². The fourth-order valence-corrected chi connectivity index (χ4v) is 2.58. The number of nitrogens with zero attached hydrogens (tertiary/aromatic N) is 2. The molecule has 0 aromatic carbocycles. The van der Waals surface area contributed by atoms with Crippen molar-refractivity contribution in [2.45, 2.75) is 25.7 Å². The van der Waals surface area contributed by atoms with E-state index in [1.165, 1.54) is 6.33 Å². The van der Waals surface area contributed by atoms with Gasteiger partial charge in [0.25, 0.3) is 0 Å². The molecule has 5 nitrogen and oxygen atoms in total. The second-order valence-corrected chi connectivity index (χ2v) is 5.12. The first-order chi connectivity index (χ1) is 8.71. The highest BCUT2D eigenvalue weighted by molar-refractivity contribution is 6.32. The molecule has 1 aromatic rings. The SMILES string of the molecule is O=Cc1c(Cl)ncnc1NCC1(CO)CCCC1. The molecule has 2 N–H and O–H groups in total. The maximum absolute atomic E-state index is 10.9. The summed E-state index contributed by atoms with van der Waals surface area (Å²) in [5.41, 5.74) is 0.169. The summed E-state index contributed by atoms with van der Waals surface area (Å²) in [4.78, 5) is 18.7. The zero-order valence-corrected chi connectivity index (χ0v) is 10.8. The normalized spacial score (nSPS) is 17.7. The molecular formula is C12H16ClN3O2. The highest BCUT2D eigenvalue weighted by Crippen LogP contribution is 2.37. The minimum Gasteiger partial charge on any atom is -0.396 e. The average molecular weight is 270 g/mol. The van der Waals surface area contributed by atoms with Crippen molar-refractivity contribution in [3.63, 3.8) is 0 Å². The van der Waals surface area contributed by atoms with Crippen molar-refractivity contribution in [2.24, 2.45) is 5.41 Å². The number of aliphatic hydroxyl groups excluding tert-OH is 1. The van der Waals surface area contributed by atoms with Gasteiger partial charge in [-0.05, 0) is 12.8 Å². The van der Waals surface area contributed by atoms with Crippen molar-refractivity contribution in [1.82, 2.24) is 9.97 Å². The van der Waals surface area contributed by atoms with Crippen LogP contribution in [0.15, 0.2) is 6.33 Å². The molecule has 1 aromatic heterocycles. The molecule has 1 heterocycles. The van der Waals surface area contributed by atoms with Gasteiger partial charge in [-0.3, -0.25) is 4.79 Å². The smallest absolute Gasteiger partial charge is 0.156 e. The van der Waals surface area contributed by atoms with Crippen LogP contribution in [0.1, 0.15) is 36.0 Å². The van der Waals surface area contributed by atoms with Gasteiger partial charge in [0.2, 0.25) is 0 Å². The first kappa shape index (κ1) is 13.2. The van der Waals surface area contributed by atoms with Gasteiger partial charge < -0.3 is 10.4 Å². The van der Waals surface area contributed by atoms with E-state index in [4.69, 9.17) is 11.6 Å². The van der Waals surface area contributed by atoms with Crippen molar-refractivity contribution in [3.8, 4) is 0 Å². The summed E-state index contributed by atoms with van der Waals surface area (Å²) in [5.74, 6) is 0.435. The van der Waals surface area contributed by atoms with Crippen molar-refractivity contribution in [1.29, 1.82) is 0 Å². The molecule has 98 valence electrons. The lowest BCUT2D eigenvalue weighted by atomic mass is 9.87. The molecular weight excluding hydrogens is 254 g/mol. The van der Waals surface area contributed by atoms with Crippen molar-refractivity contribution < 1.29 is 9.90 Å². The van der Waals surface area contributed by atoms with Gasteiger partial charge in [-0.1, -0.05) is 24.4 Å². The topological polar surface area (TPSA) is 75.1 Å². The first-order valence-corrected chi connectivity index (χ1v) is 6.39. The molecule has 0 atom stereocenters. The van der Waals surface area contributed by atoms with E-state index in [0.29, 0.717) is 18.6 Å². The Kier molecular flexibility index (Phi) is 4.14. The zero-order chi connectivity index (χ0) is 13.0. The monoisotopic (exact) mass is 269 g/mol. The molecule has 1 aliphatic rings. The van der Waals surface area contributed by atoms with E-state index < -0.39 is 0 Å². The molecule has 0 radical (unpaired) electrons. The third kappa shape index (κ3) is 2.62. The van der Waals surface area contributed by atoms with Crippen LogP contribution in [0.25, 0.3) is 0 Å². The Morgan fingerprint density at radius 2 is 2.17 bits per heavy atom. The van der Waals surface area contributed by atoms with Crippen LogP contribution in [-0.2, 0) is 0 Å². The second-order valence-electron chi connectivity index (χ2n) is 4.76. The van der Waals surface area contributed by atoms with Crippen LogP contribution in [0.2, 0.25) is 5.15 Å². The Morgan fingerprint density at radius 1 is 1.44 bits per heavy atom. The largest absolute Gasteiger partial charge is 0.396 e. The molecule has 1 fully saturated rings. The molecule has 0 amide bonds. The summed E-state index contributed by atoms with van der Waals surface area (Å²) in [6.45, 7) is 0.743. The van der Waals surface area contributed by atoms with E-state index in [0.717, 1.165) is 25.7 Å². The van der Waals surface area contributed by atoms with E-state index in [1.807, 2.05) is 0 Å². The average Bonchev–Trinajstić information content (AvgIpc) is 2.86. The van der Waals surface area contributed by atoms with Gasteiger partial charge in [-0.2, -0.15) is 0 Å². The number of carbonyl (C=O) groups is 1. The molecule has 1 saturated carbocycles. The maximum Gasteiger partial charge on any atom is 0.156 e. The molecule has 0 bridgehead atoms. The Morgan fingerprint density at radius 3 is 2.78 bits per heavy atom. The summed E-state index contributed by atoms with van der Waals surface area (Å²) in [6.07, 6.45) is 6.21. The Hall–Kier alpha value is -1.20. The van der Waals surface area contributed by atoms with E-state index in [2.05, 4.69) is 15.3 Å². The molecule has 0 saturated heterocycles. The van der Waals surface area contributed by atoms with Crippen LogP contribution in [-0.4, -0.2) is 34.5 Å². The van der Waals surface area contributed by atoms with Crippen LogP contribution >= 0.6 is 11.6 Å². The molecule has 1 aliphatic carbocycles. The number of hydrogen-bond donors (Lipinski definition) is 2. The van der Waals surface area contributed by atoms with Gasteiger partial charge in [0.05, 0.1) is 12.2 Å². The number of hydrogen-bond acceptors (Lipinski definition) is 5. The van der Waals surface area contributed by atoms with Gasteiger partial charge in [-0.25, -0.2) is 9.97 Å². The summed E-state index contributed by atoms with van der Waals surface area (Å²) < 4.78 is 0. The minimum atomic E-state index is -0.0996. The van der Waals surface area contributed by atoms with E-state index in [9.17, 15) is 9.90 Å². The van der Waals surface area contributed by atoms with Crippen LogP contribution in [0.3, 0.4) is 0 Å². The summed E-state index contributed by atoms with van der Waals surface area (Å²) in [7, 11) is 0. The third-order valence-corrected chi connectivity index (χ3v) is 3.88. The Balaban J connectivity index is 2.10. The van der Waals surface area contributed by atoms with Gasteiger partial charge in [0.1, 0.15) is 17.3 Å². The fourth-order valence-electron chi connectivity index (χ4n) is 2.41. The van der Waals surface area contributed by atoms with Crippen molar-refractivity contribution >= 4 is 23.7 Å². The van der Waals surface area contributed by atoms with Gasteiger partial charge in [-0.15, -0.1) is 0 Å². The number of aldehydes is 1. The molecule has 0 aliphatic heterocycles. The molecule has 6 heteroatoms. The molecule has 0 unspecified atom stereocenters. The van der Waals surface area contributed by atoms with Gasteiger partial charge >= 0.3 is 0 Å². The van der Waals surface area contributed by atoms with Crippen LogP contribution < -0.4 is 5.32 Å². The minimum absolute atomic E-state index is 0.0996. The Bertz CT molecular complexity index is 433. The quantitative estimate of drug-likeness (QED) is 0.631. The lowest BCUT2D eigenvalue weighted by Crippen LogP contribution is -2.31. The highest BCUT2D eigenvalue weighted by atomic mass is 35.5. The lowest BCUT2D eigenvalue weighted by Gasteiger charge is -2.27. The van der Waals surface area contributed by atoms with Crippen LogP contribution in [0.4, 0.5) is 5.82 Å². The first-order valence-electron chi connectivity index (χ1n) is 6.01. The zero-order valence-electron chi connectivity index (χ0n) is 10.0. The van der Waals surface area contributed by atoms with Crippen LogP contribution in [0, 0.1) is 5.41 Å². The maximum atomic E-state index is 10.9. The second kappa shape index (κ2) is 5.63. The van der Waals surface area contributed by atoms with Gasteiger partial charge in [0, 0.05) is 12.0 Å². The number of carbonyl (C=O) groups excluding carboxylic acids is 1. The summed E-state index contributed by atoms with van der Waals surface area (Å²) in [5, 5.41) is 12.8. The summed E-state index contributed by atoms with van der Waals surface area (Å²) in [6, 6.07) is 0. The number of anilines is 1. The standard InChI is InChI=1S/C12H16ClN3O2/c13-10-9(5-17)11(16-8-15-10)14-6-12(7-18)3-1-2-4-12/h5,8,18H,1-4,6-7H2,(H,14,15,16). The van der Waals surface area contributed by atoms with Crippen molar-refractivity contribution in [2.75, 3.05) is 18.5 Å². The van der Waals surface area contributed by atoms with Crippen LogP contribution in [0.5, 0.6) is 0 Å². The fraction of sp³-hybridized carbons (Fsp3) is 0.583. The molecule has 18 heavy (non-hydrogen) atoms. The number of halogens is 1. The number of nitrogens with one attached hydrogen (secondary N) is 1. The number of aromatic nitrogens is 2. The lowest BCUT2D eigenvalue weighted by molar-refractivity contribution is 0.112. The number of rotatable bonds is 5. The third-order valence-electron chi connectivity index (χ3n) is 3.58. The number of aliphatic hydroxyl groups is 1. The predicted octanol–water partition coefficient (Wildman–Crippen LogP) is 1.91. The predicted molar refractivity (Wildman–Crippen MR) is 68.9 cm³/mol. The summed E-state index contributed by atoms with van der Waals surface area (Å²) >= 11 is 5.82. The van der Waals surface area contributed by atoms with E-state index in [-0.39, 0.29) is 22.7 Å². The van der Waals surface area contributed by atoms with Gasteiger partial charge in [0.15, 0.2) is 6.29 Å². The molecule has 2 rings (SSSR count). The highest BCUT2D eigenvalue weighted by Gasteiger charge is 2.33. The molecule has 0 spiro atoms. The van der Waals surface area contributed by atoms with Crippen molar-refractivity contribution in [3.05, 3.63) is 17.0 Å².